The summed E-state index contributed by atoms with van der Waals surface area (Å²) in [7, 11) is 2.02. The van der Waals surface area contributed by atoms with E-state index in [1.54, 1.807) is 11.3 Å². The lowest BCUT2D eigenvalue weighted by atomic mass is 10.1. The van der Waals surface area contributed by atoms with Crippen molar-refractivity contribution >= 4 is 34.8 Å². The lowest BCUT2D eigenvalue weighted by molar-refractivity contribution is -0.131. The zero-order valence-corrected chi connectivity index (χ0v) is 18.0. The topological polar surface area (TPSA) is 47.9 Å². The average Bonchev–Trinajstić information content (AvgIpc) is 3.29. The highest BCUT2D eigenvalue weighted by atomic mass is 35.5. The average molecular weight is 419 g/mol. The summed E-state index contributed by atoms with van der Waals surface area (Å²) in [6.45, 7) is 5.71. The molecule has 1 N–H and O–H groups in total. The van der Waals surface area contributed by atoms with Crippen LogP contribution in [0.4, 0.5) is 0 Å². The molecule has 150 valence electrons. The maximum atomic E-state index is 12.5. The monoisotopic (exact) mass is 418 g/mol. The van der Waals surface area contributed by atoms with Gasteiger partial charge in [-0.15, -0.1) is 11.3 Å². The van der Waals surface area contributed by atoms with E-state index < -0.39 is 0 Å². The molecule has 0 radical (unpaired) electrons. The van der Waals surface area contributed by atoms with E-state index in [0.29, 0.717) is 13.0 Å². The molecule has 0 saturated carbocycles. The molecule has 0 fully saturated rings. The number of carbonyl (C=O) groups is 1. The van der Waals surface area contributed by atoms with Gasteiger partial charge in [-0.25, -0.2) is 0 Å². The fraction of sp³-hybridized carbons (Fsp3) is 0.429. The first-order valence-corrected chi connectivity index (χ1v) is 10.8. The number of aliphatic imine (C=N–C) groups is 1. The molecule has 7 heteroatoms. The van der Waals surface area contributed by atoms with Gasteiger partial charge in [-0.1, -0.05) is 35.9 Å². The smallest absolute Gasteiger partial charge is 0.223 e. The maximum absolute atomic E-state index is 12.5. The van der Waals surface area contributed by atoms with Crippen molar-refractivity contribution in [3.63, 3.8) is 0 Å². The van der Waals surface area contributed by atoms with Crippen molar-refractivity contribution in [2.45, 2.75) is 39.4 Å². The summed E-state index contributed by atoms with van der Waals surface area (Å²) in [5.41, 5.74) is 2.53. The second-order valence-electron chi connectivity index (χ2n) is 6.92. The Bertz CT molecular complexity index is 810. The Hall–Kier alpha value is -2.05. The summed E-state index contributed by atoms with van der Waals surface area (Å²) in [6.07, 6.45) is 1.28. The summed E-state index contributed by atoms with van der Waals surface area (Å²) in [4.78, 5) is 22.4. The molecule has 3 rings (SSSR count). The predicted octanol–water partition coefficient (Wildman–Crippen LogP) is 4.12. The summed E-state index contributed by atoms with van der Waals surface area (Å²) in [5.74, 6) is 1.06. The van der Waals surface area contributed by atoms with Crippen LogP contribution < -0.4 is 5.32 Å². The zero-order chi connectivity index (χ0) is 19.9. The molecule has 1 aromatic heterocycles. The number of hydrogen-bond acceptors (Lipinski definition) is 3. The van der Waals surface area contributed by atoms with Crippen molar-refractivity contribution in [3.05, 3.63) is 56.7 Å². The van der Waals surface area contributed by atoms with Crippen molar-refractivity contribution < 1.29 is 4.79 Å². The predicted molar refractivity (Wildman–Crippen MR) is 117 cm³/mol. The number of fused-ring (bicyclic) bond motifs is 1. The Morgan fingerprint density at radius 2 is 1.96 bits per heavy atom. The molecule has 1 amide bonds. The number of nitrogens with zero attached hydrogens (tertiary/aromatic N) is 3. The first-order chi connectivity index (χ1) is 13.6. The maximum Gasteiger partial charge on any atom is 0.223 e. The molecule has 5 nitrogen and oxygen atoms in total. The first kappa shape index (κ1) is 20.7. The van der Waals surface area contributed by atoms with Gasteiger partial charge in [-0.3, -0.25) is 9.79 Å². The van der Waals surface area contributed by atoms with Gasteiger partial charge in [0.1, 0.15) is 0 Å². The normalized spacial score (nSPS) is 13.5. The summed E-state index contributed by atoms with van der Waals surface area (Å²) >= 11 is 7.60. The number of carbonyl (C=O) groups excluding carboxylic acids is 1. The highest BCUT2D eigenvalue weighted by Gasteiger charge is 2.22. The van der Waals surface area contributed by atoms with Crippen LogP contribution >= 0.6 is 22.9 Å². The second-order valence-corrected chi connectivity index (χ2v) is 8.72. The van der Waals surface area contributed by atoms with Crippen LogP contribution in [0.5, 0.6) is 0 Å². The van der Waals surface area contributed by atoms with E-state index in [9.17, 15) is 4.79 Å². The fourth-order valence-corrected chi connectivity index (χ4v) is 4.44. The summed E-state index contributed by atoms with van der Waals surface area (Å²) < 4.78 is 0.799. The lowest BCUT2D eigenvalue weighted by Gasteiger charge is -2.21. The van der Waals surface area contributed by atoms with Crippen LogP contribution in [0.25, 0.3) is 0 Å². The van der Waals surface area contributed by atoms with Crippen LogP contribution in [0.2, 0.25) is 4.34 Å². The third-order valence-electron chi connectivity index (χ3n) is 4.72. The van der Waals surface area contributed by atoms with E-state index in [2.05, 4.69) is 34.3 Å². The van der Waals surface area contributed by atoms with Gasteiger partial charge in [-0.05, 0) is 36.6 Å². The quantitative estimate of drug-likeness (QED) is 0.418. The molecule has 2 aromatic rings. The number of hydrogen-bond donors (Lipinski definition) is 1. The Morgan fingerprint density at radius 3 is 2.57 bits per heavy atom. The Labute approximate surface area is 176 Å². The number of guanidine groups is 1. The number of benzene rings is 1. The van der Waals surface area contributed by atoms with E-state index >= 15 is 0 Å². The number of halogens is 1. The number of rotatable bonds is 7. The summed E-state index contributed by atoms with van der Waals surface area (Å²) in [5, 5.41) is 3.32. The molecule has 0 saturated heterocycles. The highest BCUT2D eigenvalue weighted by molar-refractivity contribution is 7.16. The van der Waals surface area contributed by atoms with Gasteiger partial charge in [0.25, 0.3) is 0 Å². The van der Waals surface area contributed by atoms with Crippen LogP contribution in [-0.2, 0) is 24.4 Å². The molecule has 2 heterocycles. The molecule has 0 bridgehead atoms. The van der Waals surface area contributed by atoms with Crippen molar-refractivity contribution in [1.29, 1.82) is 0 Å². The van der Waals surface area contributed by atoms with Gasteiger partial charge < -0.3 is 15.1 Å². The standard InChI is InChI=1S/C21H27ClN4OS/c1-3-23-21(25(2)15-18-10-11-19(22)28-18)24-12-6-9-20(27)26-13-16-7-4-5-8-17(16)14-26/h4-5,7-8,10-11H,3,6,9,12-15H2,1-2H3,(H,23,24). The van der Waals surface area contributed by atoms with Crippen molar-refractivity contribution in [2.24, 2.45) is 4.99 Å². The van der Waals surface area contributed by atoms with Crippen LogP contribution in [-0.4, -0.2) is 41.8 Å². The lowest BCUT2D eigenvalue weighted by Crippen LogP contribution is -2.38. The van der Waals surface area contributed by atoms with E-state index in [0.717, 1.165) is 42.9 Å². The van der Waals surface area contributed by atoms with Gasteiger partial charge in [-0.2, -0.15) is 0 Å². The zero-order valence-electron chi connectivity index (χ0n) is 16.4. The van der Waals surface area contributed by atoms with Crippen LogP contribution in [0, 0.1) is 0 Å². The van der Waals surface area contributed by atoms with Crippen LogP contribution in [0.1, 0.15) is 35.8 Å². The van der Waals surface area contributed by atoms with Crippen LogP contribution in [0.15, 0.2) is 41.4 Å². The summed E-state index contributed by atoms with van der Waals surface area (Å²) in [6, 6.07) is 12.2. The minimum absolute atomic E-state index is 0.206. The highest BCUT2D eigenvalue weighted by Crippen LogP contribution is 2.23. The molecule has 0 spiro atoms. The third kappa shape index (κ3) is 5.49. The molecule has 0 aliphatic carbocycles. The molecule has 28 heavy (non-hydrogen) atoms. The van der Waals surface area contributed by atoms with Crippen LogP contribution in [0.3, 0.4) is 0 Å². The van der Waals surface area contributed by atoms with Gasteiger partial charge in [0.05, 0.1) is 10.9 Å². The van der Waals surface area contributed by atoms with Crippen molar-refractivity contribution in [1.82, 2.24) is 15.1 Å². The van der Waals surface area contributed by atoms with Crippen molar-refractivity contribution in [3.8, 4) is 0 Å². The molecular weight excluding hydrogens is 392 g/mol. The van der Waals surface area contributed by atoms with Gasteiger partial charge in [0.15, 0.2) is 5.96 Å². The Kier molecular flexibility index (Phi) is 7.34. The molecule has 1 aliphatic heterocycles. The minimum atomic E-state index is 0.206. The molecule has 0 unspecified atom stereocenters. The van der Waals surface area contributed by atoms with Gasteiger partial charge in [0.2, 0.25) is 5.91 Å². The van der Waals surface area contributed by atoms with E-state index in [1.165, 1.54) is 16.0 Å². The number of nitrogens with one attached hydrogen (secondary N) is 1. The molecule has 1 aromatic carbocycles. The Morgan fingerprint density at radius 1 is 1.25 bits per heavy atom. The second kappa shape index (κ2) is 9.94. The van der Waals surface area contributed by atoms with E-state index in [1.807, 2.05) is 36.2 Å². The number of thiophene rings is 1. The fourth-order valence-electron chi connectivity index (χ4n) is 3.30. The van der Waals surface area contributed by atoms with Gasteiger partial charge in [0, 0.05) is 44.5 Å². The molecule has 0 atom stereocenters. The van der Waals surface area contributed by atoms with Crippen molar-refractivity contribution in [2.75, 3.05) is 20.1 Å². The first-order valence-electron chi connectivity index (χ1n) is 9.65. The number of amides is 1. The molecule has 1 aliphatic rings. The van der Waals surface area contributed by atoms with E-state index in [4.69, 9.17) is 11.6 Å². The SMILES string of the molecule is CCNC(=NCCCC(=O)N1Cc2ccccc2C1)N(C)Cc1ccc(Cl)s1. The third-order valence-corrected chi connectivity index (χ3v) is 5.94. The van der Waals surface area contributed by atoms with Gasteiger partial charge >= 0.3 is 0 Å². The molecular formula is C21H27ClN4OS. The minimum Gasteiger partial charge on any atom is -0.357 e. The van der Waals surface area contributed by atoms with E-state index in [-0.39, 0.29) is 5.91 Å². The largest absolute Gasteiger partial charge is 0.357 e. The Balaban J connectivity index is 1.46.